The van der Waals surface area contributed by atoms with Gasteiger partial charge in [0, 0.05) is 31.6 Å². The maximum Gasteiger partial charge on any atom is 0.226 e. The topological polar surface area (TPSA) is 32.3 Å². The number of amides is 1. The molecule has 1 fully saturated rings. The van der Waals surface area contributed by atoms with Gasteiger partial charge in [-0.1, -0.05) is 12.2 Å². The minimum Gasteiger partial charge on any atom is -0.337 e. The predicted molar refractivity (Wildman–Crippen MR) is 74.4 cm³/mol. The lowest BCUT2D eigenvalue weighted by Crippen LogP contribution is -2.53. The van der Waals surface area contributed by atoms with Crippen molar-refractivity contribution in [2.24, 2.45) is 5.92 Å². The van der Waals surface area contributed by atoms with E-state index < -0.39 is 0 Å². The fourth-order valence-electron chi connectivity index (χ4n) is 2.10. The molecule has 1 heterocycles. The summed E-state index contributed by atoms with van der Waals surface area (Å²) in [6, 6.07) is 0.290. The summed E-state index contributed by atoms with van der Waals surface area (Å²) in [5.74, 6) is 0.268. The van der Waals surface area contributed by atoms with E-state index in [9.17, 15) is 4.79 Å². The lowest BCUT2D eigenvalue weighted by molar-refractivity contribution is -0.138. The fourth-order valence-corrected chi connectivity index (χ4v) is 2.10. The van der Waals surface area contributed by atoms with E-state index in [1.807, 2.05) is 17.1 Å². The second kappa shape index (κ2) is 8.31. The van der Waals surface area contributed by atoms with E-state index in [2.05, 4.69) is 25.4 Å². The number of hydrogen-bond acceptors (Lipinski definition) is 2. The first kappa shape index (κ1) is 16.2. The highest BCUT2D eigenvalue weighted by molar-refractivity contribution is 5.85. The maximum absolute atomic E-state index is 12.3. The van der Waals surface area contributed by atoms with Crippen LogP contribution in [0, 0.1) is 5.92 Å². The van der Waals surface area contributed by atoms with Gasteiger partial charge in [0.25, 0.3) is 0 Å². The third kappa shape index (κ3) is 4.52. The van der Waals surface area contributed by atoms with Crippen LogP contribution in [0.5, 0.6) is 0 Å². The van der Waals surface area contributed by atoms with E-state index in [1.165, 1.54) is 0 Å². The monoisotopic (exact) mass is 258 g/mol. The molecule has 0 aromatic carbocycles. The summed E-state index contributed by atoms with van der Waals surface area (Å²) >= 11 is 0. The van der Waals surface area contributed by atoms with E-state index in [1.54, 1.807) is 0 Å². The minimum atomic E-state index is 0. The van der Waals surface area contributed by atoms with Crippen LogP contribution in [0.15, 0.2) is 25.3 Å². The van der Waals surface area contributed by atoms with E-state index in [4.69, 9.17) is 0 Å². The Balaban J connectivity index is 0.00000256. The number of rotatable bonds is 5. The number of allylic oxidation sites excluding steroid dienone is 2. The summed E-state index contributed by atoms with van der Waals surface area (Å²) in [6.07, 6.45) is 5.11. The van der Waals surface area contributed by atoms with Gasteiger partial charge in [0.2, 0.25) is 5.91 Å². The van der Waals surface area contributed by atoms with Crippen molar-refractivity contribution in [2.75, 3.05) is 19.6 Å². The standard InChI is InChI=1S/C13H22N2O.ClH/c1-4-6-12(7-5-2)13(16)15-9-8-14-10-11(15)3;/h4-5,11-12,14H,1-2,6-10H2,3H3;1H. The van der Waals surface area contributed by atoms with Gasteiger partial charge < -0.3 is 10.2 Å². The molecule has 1 rings (SSSR count). The van der Waals surface area contributed by atoms with Crippen molar-refractivity contribution in [2.45, 2.75) is 25.8 Å². The van der Waals surface area contributed by atoms with Crippen molar-refractivity contribution in [3.63, 3.8) is 0 Å². The molecule has 17 heavy (non-hydrogen) atoms. The normalized spacial score (nSPS) is 19.6. The van der Waals surface area contributed by atoms with Gasteiger partial charge >= 0.3 is 0 Å². The Hall–Kier alpha value is -0.800. The number of carbonyl (C=O) groups is 1. The Morgan fingerprint density at radius 1 is 1.47 bits per heavy atom. The molecular formula is C13H23ClN2O. The zero-order valence-electron chi connectivity index (χ0n) is 10.5. The number of nitrogens with zero attached hydrogens (tertiary/aromatic N) is 1. The molecule has 1 aliphatic heterocycles. The maximum atomic E-state index is 12.3. The average molecular weight is 259 g/mol. The quantitative estimate of drug-likeness (QED) is 0.765. The summed E-state index contributed by atoms with van der Waals surface area (Å²) in [5.41, 5.74) is 0. The highest BCUT2D eigenvalue weighted by atomic mass is 35.5. The zero-order valence-corrected chi connectivity index (χ0v) is 11.3. The van der Waals surface area contributed by atoms with Gasteiger partial charge in [-0.05, 0) is 19.8 Å². The van der Waals surface area contributed by atoms with E-state index in [-0.39, 0.29) is 24.2 Å². The highest BCUT2D eigenvalue weighted by Crippen LogP contribution is 2.16. The molecule has 0 aliphatic carbocycles. The Morgan fingerprint density at radius 2 is 2.06 bits per heavy atom. The summed E-state index contributed by atoms with van der Waals surface area (Å²) in [6.45, 7) is 12.1. The molecule has 1 saturated heterocycles. The number of nitrogens with one attached hydrogen (secondary N) is 1. The SMILES string of the molecule is C=CCC(CC=C)C(=O)N1CCNCC1C.Cl. The molecule has 0 aromatic rings. The number of piperazine rings is 1. The van der Waals surface area contributed by atoms with Crippen LogP contribution in [0.25, 0.3) is 0 Å². The molecule has 0 bridgehead atoms. The molecule has 0 radical (unpaired) electrons. The zero-order chi connectivity index (χ0) is 12.0. The summed E-state index contributed by atoms with van der Waals surface area (Å²) < 4.78 is 0. The molecule has 1 aliphatic rings. The number of carbonyl (C=O) groups excluding carboxylic acids is 1. The molecule has 4 heteroatoms. The van der Waals surface area contributed by atoms with Crippen molar-refractivity contribution in [3.05, 3.63) is 25.3 Å². The molecule has 3 nitrogen and oxygen atoms in total. The molecule has 98 valence electrons. The third-order valence-corrected chi connectivity index (χ3v) is 3.04. The van der Waals surface area contributed by atoms with Gasteiger partial charge in [-0.3, -0.25) is 4.79 Å². The van der Waals surface area contributed by atoms with Gasteiger partial charge in [-0.2, -0.15) is 0 Å². The molecule has 1 atom stereocenters. The Morgan fingerprint density at radius 3 is 2.53 bits per heavy atom. The van der Waals surface area contributed by atoms with Crippen molar-refractivity contribution in [1.29, 1.82) is 0 Å². The number of hydrogen-bond donors (Lipinski definition) is 1. The first-order valence-corrected chi connectivity index (χ1v) is 5.93. The van der Waals surface area contributed by atoms with Crippen LogP contribution in [0.3, 0.4) is 0 Å². The van der Waals surface area contributed by atoms with Gasteiger partial charge in [-0.15, -0.1) is 25.6 Å². The van der Waals surface area contributed by atoms with Crippen molar-refractivity contribution in [3.8, 4) is 0 Å². The molecule has 0 aromatic heterocycles. The molecule has 1 amide bonds. The van der Waals surface area contributed by atoms with Crippen LogP contribution in [0.1, 0.15) is 19.8 Å². The predicted octanol–water partition coefficient (Wildman–Crippen LogP) is 2.00. The Bertz CT molecular complexity index is 258. The molecule has 0 saturated carbocycles. The van der Waals surface area contributed by atoms with Crippen LogP contribution in [0.2, 0.25) is 0 Å². The molecule has 0 spiro atoms. The molecule has 1 unspecified atom stereocenters. The fraction of sp³-hybridized carbons (Fsp3) is 0.615. The summed E-state index contributed by atoms with van der Waals surface area (Å²) in [4.78, 5) is 14.3. The van der Waals surface area contributed by atoms with Crippen LogP contribution >= 0.6 is 12.4 Å². The van der Waals surface area contributed by atoms with Crippen LogP contribution in [-0.2, 0) is 4.79 Å². The Kier molecular flexibility index (Phi) is 7.92. The largest absolute Gasteiger partial charge is 0.337 e. The second-order valence-electron chi connectivity index (χ2n) is 4.33. The van der Waals surface area contributed by atoms with E-state index in [0.29, 0.717) is 6.04 Å². The average Bonchev–Trinajstić information content (AvgIpc) is 2.28. The van der Waals surface area contributed by atoms with Crippen molar-refractivity contribution >= 4 is 18.3 Å². The lowest BCUT2D eigenvalue weighted by Gasteiger charge is -2.36. The van der Waals surface area contributed by atoms with Gasteiger partial charge in [0.1, 0.15) is 0 Å². The van der Waals surface area contributed by atoms with E-state index in [0.717, 1.165) is 32.5 Å². The third-order valence-electron chi connectivity index (χ3n) is 3.04. The molecule has 1 N–H and O–H groups in total. The lowest BCUT2D eigenvalue weighted by atomic mass is 9.98. The summed E-state index contributed by atoms with van der Waals surface area (Å²) in [7, 11) is 0. The van der Waals surface area contributed by atoms with Crippen molar-refractivity contribution < 1.29 is 4.79 Å². The summed E-state index contributed by atoms with van der Waals surface area (Å²) in [5, 5.41) is 3.29. The smallest absolute Gasteiger partial charge is 0.226 e. The van der Waals surface area contributed by atoms with Crippen LogP contribution < -0.4 is 5.32 Å². The van der Waals surface area contributed by atoms with Crippen molar-refractivity contribution in [1.82, 2.24) is 10.2 Å². The van der Waals surface area contributed by atoms with Crippen LogP contribution in [0.4, 0.5) is 0 Å². The second-order valence-corrected chi connectivity index (χ2v) is 4.33. The first-order valence-electron chi connectivity index (χ1n) is 5.93. The molecular weight excluding hydrogens is 236 g/mol. The minimum absolute atomic E-state index is 0. The van der Waals surface area contributed by atoms with Gasteiger partial charge in [-0.25, -0.2) is 0 Å². The van der Waals surface area contributed by atoms with Crippen LogP contribution in [-0.4, -0.2) is 36.5 Å². The van der Waals surface area contributed by atoms with Gasteiger partial charge in [0.05, 0.1) is 0 Å². The first-order chi connectivity index (χ1) is 7.70. The highest BCUT2D eigenvalue weighted by Gasteiger charge is 2.27. The van der Waals surface area contributed by atoms with Gasteiger partial charge in [0.15, 0.2) is 0 Å². The van der Waals surface area contributed by atoms with E-state index >= 15 is 0 Å². The Labute approximate surface area is 110 Å². The number of halogens is 1.